The van der Waals surface area contributed by atoms with Gasteiger partial charge in [-0.3, -0.25) is 4.79 Å². The van der Waals surface area contributed by atoms with Crippen LogP contribution in [0.15, 0.2) is 48.7 Å². The van der Waals surface area contributed by atoms with Crippen LogP contribution in [0.25, 0.3) is 0 Å². The summed E-state index contributed by atoms with van der Waals surface area (Å²) in [6.45, 7) is 5.45. The molecule has 3 aliphatic rings. The third-order valence-electron chi connectivity index (χ3n) is 8.75. The predicted molar refractivity (Wildman–Crippen MR) is 149 cm³/mol. The van der Waals surface area contributed by atoms with E-state index in [1.54, 1.807) is 18.3 Å². The van der Waals surface area contributed by atoms with E-state index in [9.17, 15) is 18.0 Å². The number of carbonyl (C=O) groups excluding carboxylic acids is 1. The van der Waals surface area contributed by atoms with E-state index in [4.69, 9.17) is 9.47 Å². The van der Waals surface area contributed by atoms with Crippen molar-refractivity contribution in [2.24, 2.45) is 11.8 Å². The number of fused-ring (bicyclic) bond motifs is 4. The third-order valence-corrected chi connectivity index (χ3v) is 8.75. The summed E-state index contributed by atoms with van der Waals surface area (Å²) in [5.74, 6) is -0.682. The SMILES string of the molecule is CN(C)[C@H]1C[C@H](c2ccccc2C(F)(F)F)c2cc(COc3cc4c(cn3)C3C(C4)C3C(=O)OC(C)(C)C)c(F)cc21. The van der Waals surface area contributed by atoms with Crippen LogP contribution in [0.3, 0.4) is 0 Å². The number of esters is 1. The fourth-order valence-electron chi connectivity index (χ4n) is 6.86. The van der Waals surface area contributed by atoms with Crippen LogP contribution in [-0.2, 0) is 28.7 Å². The van der Waals surface area contributed by atoms with Gasteiger partial charge in [-0.05, 0) is 99.6 Å². The fraction of sp³-hybridized carbons (Fsp3) is 0.455. The largest absolute Gasteiger partial charge is 0.473 e. The maximum atomic E-state index is 15.4. The smallest absolute Gasteiger partial charge is 0.416 e. The lowest BCUT2D eigenvalue weighted by molar-refractivity contribution is -0.157. The van der Waals surface area contributed by atoms with Gasteiger partial charge in [0.05, 0.1) is 11.5 Å². The van der Waals surface area contributed by atoms with E-state index in [1.165, 1.54) is 18.2 Å². The molecular weight excluding hydrogens is 548 g/mol. The lowest BCUT2D eigenvalue weighted by Gasteiger charge is -2.21. The Morgan fingerprint density at radius 3 is 2.45 bits per heavy atom. The van der Waals surface area contributed by atoms with Crippen molar-refractivity contribution in [1.82, 2.24) is 9.88 Å². The molecular formula is C33H34F4N2O3. The molecule has 1 aromatic heterocycles. The summed E-state index contributed by atoms with van der Waals surface area (Å²) in [7, 11) is 3.70. The lowest BCUT2D eigenvalue weighted by Crippen LogP contribution is -2.26. The molecule has 42 heavy (non-hydrogen) atoms. The maximum Gasteiger partial charge on any atom is 0.416 e. The Morgan fingerprint density at radius 2 is 1.76 bits per heavy atom. The van der Waals surface area contributed by atoms with Crippen molar-refractivity contribution in [3.8, 4) is 5.88 Å². The molecule has 5 nitrogen and oxygen atoms in total. The molecule has 3 aromatic rings. The number of rotatable bonds is 6. The monoisotopic (exact) mass is 582 g/mol. The highest BCUT2D eigenvalue weighted by molar-refractivity contribution is 5.80. The second-order valence-corrected chi connectivity index (χ2v) is 12.9. The molecule has 3 unspecified atom stereocenters. The van der Waals surface area contributed by atoms with Gasteiger partial charge in [0.1, 0.15) is 18.0 Å². The van der Waals surface area contributed by atoms with E-state index in [1.807, 2.05) is 45.8 Å². The maximum absolute atomic E-state index is 15.4. The lowest BCUT2D eigenvalue weighted by atomic mass is 9.88. The molecule has 9 heteroatoms. The first kappa shape index (κ1) is 28.6. The Labute approximate surface area is 242 Å². The number of pyridine rings is 1. The van der Waals surface area contributed by atoms with Gasteiger partial charge < -0.3 is 14.4 Å². The minimum Gasteiger partial charge on any atom is -0.473 e. The molecule has 0 N–H and O–H groups in total. The molecule has 5 atom stereocenters. The van der Waals surface area contributed by atoms with Crippen molar-refractivity contribution < 1.29 is 31.8 Å². The summed E-state index contributed by atoms with van der Waals surface area (Å²) in [6, 6.07) is 10.3. The minimum absolute atomic E-state index is 0.103. The number of aromatic nitrogens is 1. The van der Waals surface area contributed by atoms with Crippen LogP contribution < -0.4 is 4.74 Å². The van der Waals surface area contributed by atoms with Crippen molar-refractivity contribution in [2.45, 2.75) is 69.9 Å². The average Bonchev–Trinajstić information content (AvgIpc) is 3.30. The van der Waals surface area contributed by atoms with Crippen molar-refractivity contribution in [3.63, 3.8) is 0 Å². The quantitative estimate of drug-likeness (QED) is 0.228. The number of nitrogens with zero attached hydrogens (tertiary/aromatic N) is 2. The number of benzene rings is 2. The summed E-state index contributed by atoms with van der Waals surface area (Å²) in [4.78, 5) is 18.9. The van der Waals surface area contributed by atoms with Gasteiger partial charge in [0.25, 0.3) is 0 Å². The highest BCUT2D eigenvalue weighted by atomic mass is 19.4. The van der Waals surface area contributed by atoms with Crippen LogP contribution in [0, 0.1) is 17.7 Å². The molecule has 1 heterocycles. The first-order valence-electron chi connectivity index (χ1n) is 14.2. The van der Waals surface area contributed by atoms with Gasteiger partial charge in [-0.15, -0.1) is 0 Å². The summed E-state index contributed by atoms with van der Waals surface area (Å²) in [6.07, 6.45) is -1.63. The number of alkyl halides is 3. The Bertz CT molecular complexity index is 1550. The number of carbonyl (C=O) groups is 1. The second kappa shape index (κ2) is 10.1. The topological polar surface area (TPSA) is 51.7 Å². The van der Waals surface area contributed by atoms with Crippen LogP contribution in [0.4, 0.5) is 17.6 Å². The number of ether oxygens (including phenoxy) is 2. The van der Waals surface area contributed by atoms with Gasteiger partial charge in [0.15, 0.2) is 0 Å². The van der Waals surface area contributed by atoms with E-state index in [2.05, 4.69) is 4.98 Å². The Morgan fingerprint density at radius 1 is 1.02 bits per heavy atom. The summed E-state index contributed by atoms with van der Waals surface area (Å²) < 4.78 is 68.6. The first-order valence-corrected chi connectivity index (χ1v) is 14.2. The minimum atomic E-state index is -4.49. The zero-order valence-electron chi connectivity index (χ0n) is 24.3. The van der Waals surface area contributed by atoms with Crippen LogP contribution in [0.5, 0.6) is 5.88 Å². The van der Waals surface area contributed by atoms with E-state index in [0.29, 0.717) is 23.4 Å². The van der Waals surface area contributed by atoms with Gasteiger partial charge in [0.2, 0.25) is 5.88 Å². The van der Waals surface area contributed by atoms with Crippen molar-refractivity contribution in [3.05, 3.63) is 93.4 Å². The highest BCUT2D eigenvalue weighted by Crippen LogP contribution is 2.62. The van der Waals surface area contributed by atoms with Crippen molar-refractivity contribution >= 4 is 5.97 Å². The van der Waals surface area contributed by atoms with Gasteiger partial charge in [-0.25, -0.2) is 9.37 Å². The molecule has 0 saturated heterocycles. The Balaban J connectivity index is 1.22. The predicted octanol–water partition coefficient (Wildman–Crippen LogP) is 7.18. The molecule has 0 amide bonds. The third kappa shape index (κ3) is 5.16. The fourth-order valence-corrected chi connectivity index (χ4v) is 6.86. The average molecular weight is 583 g/mol. The van der Waals surface area contributed by atoms with E-state index in [-0.39, 0.29) is 47.5 Å². The van der Waals surface area contributed by atoms with E-state index in [0.717, 1.165) is 23.6 Å². The summed E-state index contributed by atoms with van der Waals surface area (Å²) in [5.41, 5.74) is 2.70. The normalized spacial score (nSPS) is 24.3. The highest BCUT2D eigenvalue weighted by Gasteiger charge is 2.61. The molecule has 0 bridgehead atoms. The molecule has 3 aliphatic carbocycles. The molecule has 2 aromatic carbocycles. The Hall–Kier alpha value is -3.46. The second-order valence-electron chi connectivity index (χ2n) is 12.9. The van der Waals surface area contributed by atoms with Gasteiger partial charge in [-0.2, -0.15) is 13.2 Å². The van der Waals surface area contributed by atoms with Gasteiger partial charge in [-0.1, -0.05) is 18.2 Å². The van der Waals surface area contributed by atoms with Crippen LogP contribution in [0.1, 0.15) is 84.0 Å². The molecule has 1 fully saturated rings. The van der Waals surface area contributed by atoms with Crippen LogP contribution in [-0.4, -0.2) is 35.5 Å². The molecule has 6 rings (SSSR count). The molecule has 1 saturated carbocycles. The van der Waals surface area contributed by atoms with Crippen LogP contribution in [0.2, 0.25) is 0 Å². The number of hydrogen-bond acceptors (Lipinski definition) is 5. The molecule has 222 valence electrons. The molecule has 0 radical (unpaired) electrons. The number of hydrogen-bond donors (Lipinski definition) is 0. The van der Waals surface area contributed by atoms with Gasteiger partial charge in [0, 0.05) is 35.7 Å². The van der Waals surface area contributed by atoms with Crippen molar-refractivity contribution in [2.75, 3.05) is 14.1 Å². The van der Waals surface area contributed by atoms with Gasteiger partial charge >= 0.3 is 12.1 Å². The van der Waals surface area contributed by atoms with E-state index < -0.39 is 29.1 Å². The molecule has 0 spiro atoms. The Kier molecular flexibility index (Phi) is 6.87. The van der Waals surface area contributed by atoms with Crippen LogP contribution >= 0.6 is 0 Å². The zero-order chi connectivity index (χ0) is 30.1. The zero-order valence-corrected chi connectivity index (χ0v) is 24.3. The first-order chi connectivity index (χ1) is 19.7. The molecule has 0 aliphatic heterocycles. The summed E-state index contributed by atoms with van der Waals surface area (Å²) in [5, 5.41) is 0. The van der Waals surface area contributed by atoms with E-state index >= 15 is 4.39 Å². The number of halogens is 4. The standard InChI is InChI=1S/C33H34F4N2O3/c1-32(2,3)42-31(40)30-23-10-17-12-28(38-15-24(17)29(23)30)41-16-18-11-20-21(14-27(39(4)5)22(20)13-26(18)34)19-8-6-7-9-25(19)33(35,36)37/h6-9,11-13,15,21,23,27,29-30H,10,14,16H2,1-5H3/t21-,23?,27+,29?,30?/m1/s1. The van der Waals surface area contributed by atoms with Crippen molar-refractivity contribution in [1.29, 1.82) is 0 Å². The summed E-state index contributed by atoms with van der Waals surface area (Å²) >= 11 is 0.